The molecule has 1 aromatic carbocycles. The predicted octanol–water partition coefficient (Wildman–Crippen LogP) is 2.41. The SMILES string of the molecule is C[Si](C)(C)C#C/C=C/[Se]c1ccccc1. The van der Waals surface area contributed by atoms with Crippen LogP contribution in [0, 0.1) is 11.5 Å². The van der Waals surface area contributed by atoms with Crippen molar-refractivity contribution in [1.29, 1.82) is 0 Å². The van der Waals surface area contributed by atoms with Gasteiger partial charge in [0.1, 0.15) is 0 Å². The fourth-order valence-corrected chi connectivity index (χ4v) is 2.69. The number of benzene rings is 1. The van der Waals surface area contributed by atoms with Gasteiger partial charge in [-0.3, -0.25) is 0 Å². The molecule has 0 aliphatic carbocycles. The summed E-state index contributed by atoms with van der Waals surface area (Å²) < 4.78 is 1.40. The summed E-state index contributed by atoms with van der Waals surface area (Å²) >= 11 is 0.426. The Bertz CT molecular complexity index is 376. The molecule has 2 heteroatoms. The van der Waals surface area contributed by atoms with Crippen molar-refractivity contribution in [3.05, 3.63) is 41.4 Å². The number of hydrogen-bond donors (Lipinski definition) is 0. The molecule has 0 radical (unpaired) electrons. The average Bonchev–Trinajstić information content (AvgIpc) is 2.17. The van der Waals surface area contributed by atoms with Gasteiger partial charge in [0.15, 0.2) is 0 Å². The molecule has 1 aromatic rings. The molecule has 0 saturated carbocycles. The van der Waals surface area contributed by atoms with Crippen LogP contribution in [-0.2, 0) is 0 Å². The molecule has 15 heavy (non-hydrogen) atoms. The van der Waals surface area contributed by atoms with E-state index >= 15 is 0 Å². The van der Waals surface area contributed by atoms with E-state index in [1.165, 1.54) is 4.46 Å². The molecule has 0 bridgehead atoms. The zero-order valence-electron chi connectivity index (χ0n) is 9.45. The Morgan fingerprint density at radius 2 is 1.80 bits per heavy atom. The van der Waals surface area contributed by atoms with Crippen LogP contribution >= 0.6 is 0 Å². The minimum atomic E-state index is -1.19. The van der Waals surface area contributed by atoms with Gasteiger partial charge < -0.3 is 0 Å². The van der Waals surface area contributed by atoms with E-state index in [4.69, 9.17) is 0 Å². The number of hydrogen-bond acceptors (Lipinski definition) is 0. The molecule has 78 valence electrons. The molecule has 0 aromatic heterocycles. The molecule has 0 aliphatic heterocycles. The second-order valence-corrected chi connectivity index (χ2v) is 11.1. The second kappa shape index (κ2) is 5.97. The van der Waals surface area contributed by atoms with Crippen molar-refractivity contribution < 1.29 is 0 Å². The fraction of sp³-hybridized carbons (Fsp3) is 0.231. The van der Waals surface area contributed by atoms with Crippen molar-refractivity contribution >= 4 is 27.5 Å². The molecule has 0 nitrogen and oxygen atoms in total. The van der Waals surface area contributed by atoms with Gasteiger partial charge in [-0.1, -0.05) is 0 Å². The Balaban J connectivity index is 2.44. The minimum absolute atomic E-state index is 0.426. The maximum absolute atomic E-state index is 3.32. The second-order valence-electron chi connectivity index (χ2n) is 4.25. The third-order valence-electron chi connectivity index (χ3n) is 1.55. The maximum atomic E-state index is 3.32. The van der Waals surface area contributed by atoms with E-state index in [0.717, 1.165) is 0 Å². The first-order valence-corrected chi connectivity index (χ1v) is 10.3. The van der Waals surface area contributed by atoms with Crippen LogP contribution in [0.25, 0.3) is 0 Å². The van der Waals surface area contributed by atoms with Crippen molar-refractivity contribution in [3.8, 4) is 11.5 Å². The number of allylic oxidation sites excluding steroid dienone is 1. The first-order chi connectivity index (χ1) is 7.08. The summed E-state index contributed by atoms with van der Waals surface area (Å²) in [6.07, 6.45) is 2.01. The summed E-state index contributed by atoms with van der Waals surface area (Å²) in [5.74, 6) is 3.14. The number of rotatable bonds is 2. The molecule has 0 amide bonds. The summed E-state index contributed by atoms with van der Waals surface area (Å²) in [4.78, 5) is 2.19. The van der Waals surface area contributed by atoms with Gasteiger partial charge in [0.25, 0.3) is 0 Å². The Hall–Kier alpha value is -0.744. The van der Waals surface area contributed by atoms with E-state index in [0.29, 0.717) is 15.0 Å². The van der Waals surface area contributed by atoms with Crippen LogP contribution in [0.4, 0.5) is 0 Å². The normalized spacial score (nSPS) is 11.1. The Morgan fingerprint density at radius 1 is 1.13 bits per heavy atom. The molecule has 0 spiro atoms. The molecule has 0 aliphatic rings. The molecule has 0 unspecified atom stereocenters. The molecule has 0 N–H and O–H groups in total. The van der Waals surface area contributed by atoms with Crippen LogP contribution in [0.15, 0.2) is 41.4 Å². The van der Waals surface area contributed by atoms with Gasteiger partial charge in [-0.15, -0.1) is 0 Å². The van der Waals surface area contributed by atoms with Gasteiger partial charge in [0.2, 0.25) is 0 Å². The topological polar surface area (TPSA) is 0 Å². The van der Waals surface area contributed by atoms with Gasteiger partial charge in [-0.05, 0) is 0 Å². The molecule has 0 heterocycles. The van der Waals surface area contributed by atoms with Crippen molar-refractivity contribution in [1.82, 2.24) is 0 Å². The van der Waals surface area contributed by atoms with Gasteiger partial charge in [-0.25, -0.2) is 0 Å². The van der Waals surface area contributed by atoms with Crippen LogP contribution in [0.5, 0.6) is 0 Å². The van der Waals surface area contributed by atoms with Crippen LogP contribution in [0.2, 0.25) is 19.6 Å². The van der Waals surface area contributed by atoms with E-state index < -0.39 is 8.07 Å². The zero-order valence-corrected chi connectivity index (χ0v) is 12.2. The van der Waals surface area contributed by atoms with E-state index in [9.17, 15) is 0 Å². The van der Waals surface area contributed by atoms with E-state index in [1.54, 1.807) is 0 Å². The molecular formula is C13H16SeSi. The van der Waals surface area contributed by atoms with Gasteiger partial charge in [0.05, 0.1) is 0 Å². The third-order valence-corrected chi connectivity index (χ3v) is 4.15. The Kier molecular flexibility index (Phi) is 4.91. The van der Waals surface area contributed by atoms with Crippen LogP contribution in [0.1, 0.15) is 0 Å². The van der Waals surface area contributed by atoms with E-state index in [-0.39, 0.29) is 0 Å². The van der Waals surface area contributed by atoms with Crippen molar-refractivity contribution in [2.45, 2.75) is 19.6 Å². The average molecular weight is 279 g/mol. The van der Waals surface area contributed by atoms with Crippen LogP contribution in [-0.4, -0.2) is 23.0 Å². The van der Waals surface area contributed by atoms with Crippen LogP contribution < -0.4 is 4.46 Å². The van der Waals surface area contributed by atoms with Gasteiger partial charge >= 0.3 is 100.0 Å². The molecule has 1 rings (SSSR count). The van der Waals surface area contributed by atoms with Gasteiger partial charge in [-0.2, -0.15) is 0 Å². The predicted molar refractivity (Wildman–Crippen MR) is 72.1 cm³/mol. The first kappa shape index (κ1) is 12.3. The zero-order chi connectivity index (χ0) is 11.1. The Morgan fingerprint density at radius 3 is 2.40 bits per heavy atom. The van der Waals surface area contributed by atoms with Crippen molar-refractivity contribution in [2.75, 3.05) is 0 Å². The summed E-state index contributed by atoms with van der Waals surface area (Å²) in [6.45, 7) is 6.78. The summed E-state index contributed by atoms with van der Waals surface area (Å²) in [5.41, 5.74) is 3.32. The van der Waals surface area contributed by atoms with Crippen molar-refractivity contribution in [2.24, 2.45) is 0 Å². The monoisotopic (exact) mass is 280 g/mol. The van der Waals surface area contributed by atoms with E-state index in [1.807, 2.05) is 12.1 Å². The summed E-state index contributed by atoms with van der Waals surface area (Å²) in [7, 11) is -1.19. The first-order valence-electron chi connectivity index (χ1n) is 4.97. The Labute approximate surface area is 100.0 Å². The standard InChI is InChI=1S/C13H16SeSi/c1-15(2,3)12-8-7-11-14-13-9-5-4-6-10-13/h4-7,9-11H,1-3H3/b11-7+. The fourth-order valence-electron chi connectivity index (χ4n) is 0.904. The molecule has 0 fully saturated rings. The summed E-state index contributed by atoms with van der Waals surface area (Å²) in [5, 5.41) is 0. The molecular weight excluding hydrogens is 263 g/mol. The quantitative estimate of drug-likeness (QED) is 0.576. The molecule has 0 atom stereocenters. The van der Waals surface area contributed by atoms with Gasteiger partial charge in [0, 0.05) is 0 Å². The van der Waals surface area contributed by atoms with E-state index in [2.05, 4.69) is 60.3 Å². The summed E-state index contributed by atoms with van der Waals surface area (Å²) in [6, 6.07) is 10.5. The van der Waals surface area contributed by atoms with Crippen LogP contribution in [0.3, 0.4) is 0 Å². The third kappa shape index (κ3) is 6.36. The van der Waals surface area contributed by atoms with Crippen molar-refractivity contribution in [3.63, 3.8) is 0 Å². The molecule has 0 saturated heterocycles.